The van der Waals surface area contributed by atoms with Crippen LogP contribution in [0.3, 0.4) is 0 Å². The molecule has 7 atom stereocenters. The number of aliphatic hydroxyl groups excluding tert-OH is 2. The fourth-order valence-corrected chi connectivity index (χ4v) is 6.78. The lowest BCUT2D eigenvalue weighted by Gasteiger charge is -2.61. The number of nitrogens with zero attached hydrogens (tertiary/aromatic N) is 1. The van der Waals surface area contributed by atoms with Crippen molar-refractivity contribution in [1.82, 2.24) is 10.2 Å². The molecule has 5 N–H and O–H groups in total. The average Bonchev–Trinajstić information content (AvgIpc) is 3.27. The van der Waals surface area contributed by atoms with E-state index in [0.29, 0.717) is 30.7 Å². The van der Waals surface area contributed by atoms with Crippen molar-refractivity contribution in [1.29, 1.82) is 0 Å². The molecule has 2 aliphatic heterocycles. The van der Waals surface area contributed by atoms with Crippen LogP contribution in [0.1, 0.15) is 49.8 Å². The van der Waals surface area contributed by atoms with Gasteiger partial charge >= 0.3 is 17.9 Å². The summed E-state index contributed by atoms with van der Waals surface area (Å²) in [5, 5.41) is 42.9. The third-order valence-electron chi connectivity index (χ3n) is 8.85. The summed E-state index contributed by atoms with van der Waals surface area (Å²) in [5.74, 6) is -3.87. The topological polar surface area (TPSA) is 192 Å². The fraction of sp³-hybridized carbons (Fsp3) is 0.571. The first-order chi connectivity index (χ1) is 19.3. The quantitative estimate of drug-likeness (QED) is 0.233. The van der Waals surface area contributed by atoms with Gasteiger partial charge in [-0.05, 0) is 51.9 Å². The molecule has 0 radical (unpaired) electrons. The highest BCUT2D eigenvalue weighted by atomic mass is 16.6. The van der Waals surface area contributed by atoms with E-state index >= 15 is 0 Å². The largest absolute Gasteiger partial charge is 0.481 e. The molecule has 1 amide bonds. The van der Waals surface area contributed by atoms with E-state index in [4.69, 9.17) is 14.2 Å². The van der Waals surface area contributed by atoms with Crippen LogP contribution in [0.4, 0.5) is 0 Å². The Hall–Kier alpha value is -3.52. The minimum Gasteiger partial charge on any atom is -0.481 e. The van der Waals surface area contributed by atoms with Gasteiger partial charge in [-0.2, -0.15) is 0 Å². The van der Waals surface area contributed by atoms with Gasteiger partial charge in [0, 0.05) is 23.6 Å². The van der Waals surface area contributed by atoms with Gasteiger partial charge in [-0.15, -0.1) is 0 Å². The van der Waals surface area contributed by atoms with Crippen molar-refractivity contribution in [3.05, 3.63) is 40.7 Å². The van der Waals surface area contributed by atoms with E-state index in [0.717, 1.165) is 18.1 Å². The summed E-state index contributed by atoms with van der Waals surface area (Å²) < 4.78 is 17.2. The van der Waals surface area contributed by atoms with Crippen LogP contribution in [0, 0.1) is 0 Å². The lowest BCUT2D eigenvalue weighted by molar-refractivity contribution is -0.175. The van der Waals surface area contributed by atoms with Gasteiger partial charge in [0.15, 0.2) is 12.2 Å². The summed E-state index contributed by atoms with van der Waals surface area (Å²) in [4.78, 5) is 50.7. The smallest absolute Gasteiger partial charge is 0.352 e. The summed E-state index contributed by atoms with van der Waals surface area (Å²) in [6, 6.07) is 1.87. The molecule has 2 aliphatic carbocycles. The van der Waals surface area contributed by atoms with Gasteiger partial charge in [0.1, 0.15) is 23.7 Å². The first kappa shape index (κ1) is 29.0. The third kappa shape index (κ3) is 4.47. The first-order valence-corrected chi connectivity index (χ1v) is 13.5. The molecule has 222 valence electrons. The van der Waals surface area contributed by atoms with Crippen LogP contribution in [-0.4, -0.2) is 98.7 Å². The normalized spacial score (nSPS) is 29.7. The molecule has 0 aromatic heterocycles. The molecule has 4 aliphatic rings. The van der Waals surface area contributed by atoms with Gasteiger partial charge in [0.25, 0.3) is 0 Å². The molecule has 1 fully saturated rings. The highest BCUT2D eigenvalue weighted by Gasteiger charge is 2.71. The molecule has 1 unspecified atom stereocenters. The van der Waals surface area contributed by atoms with Crippen LogP contribution in [0.5, 0.6) is 5.75 Å². The maximum Gasteiger partial charge on any atom is 0.352 e. The molecular weight excluding hydrogens is 540 g/mol. The maximum absolute atomic E-state index is 13.1. The molecule has 13 heteroatoms. The number of aliphatic hydroxyl groups is 3. The van der Waals surface area contributed by atoms with Crippen molar-refractivity contribution < 1.29 is 53.8 Å². The zero-order valence-electron chi connectivity index (χ0n) is 23.0. The summed E-state index contributed by atoms with van der Waals surface area (Å²) in [6.07, 6.45) is -1.65. The van der Waals surface area contributed by atoms with Crippen molar-refractivity contribution >= 4 is 23.8 Å². The number of piperidine rings is 1. The second-order valence-electron chi connectivity index (χ2n) is 11.2. The monoisotopic (exact) mass is 574 g/mol. The molecule has 13 nitrogen and oxygen atoms in total. The number of nitrogens with one attached hydrogen (secondary N) is 1. The van der Waals surface area contributed by atoms with E-state index in [1.807, 2.05) is 18.4 Å². The number of esters is 2. The van der Waals surface area contributed by atoms with E-state index in [-0.39, 0.29) is 24.8 Å². The number of hydrogen-bond acceptors (Lipinski definition) is 11. The molecule has 5 rings (SSSR count). The lowest BCUT2D eigenvalue weighted by atomic mass is 9.50. The van der Waals surface area contributed by atoms with Crippen LogP contribution in [0.25, 0.3) is 0 Å². The van der Waals surface area contributed by atoms with Crippen LogP contribution in [-0.2, 0) is 47.1 Å². The molecule has 1 aromatic carbocycles. The second kappa shape index (κ2) is 10.4. The van der Waals surface area contributed by atoms with Crippen molar-refractivity contribution in [3.8, 4) is 5.75 Å². The Labute approximate surface area is 235 Å². The predicted molar refractivity (Wildman–Crippen MR) is 138 cm³/mol. The van der Waals surface area contributed by atoms with Gasteiger partial charge in [0.05, 0.1) is 24.0 Å². The number of likely N-dealkylation sites (N-methyl/N-ethyl adjacent to an activating group) is 1. The molecule has 2 bridgehead atoms. The van der Waals surface area contributed by atoms with Gasteiger partial charge in [0.2, 0.25) is 5.91 Å². The number of ether oxygens (including phenoxy) is 3. The molecule has 0 saturated carbocycles. The number of carbonyl (C=O) groups excluding carboxylic acids is 3. The Morgan fingerprint density at radius 3 is 2.63 bits per heavy atom. The molecular formula is C28H34N2O11. The zero-order valence-corrected chi connectivity index (χ0v) is 23.0. The number of carbonyl (C=O) groups is 4. The SMILES string of the molecule is CC(O)C(=O)N[C@@H](CC(=O)O[C@@H](C)C(=O)OC1=CC[C@@]2(O)[C@H]3Cc4ccc(CO)c5c4[C@@]2(CCN3C)[C@H]1O5)C(=O)O. The number of benzene rings is 1. The van der Waals surface area contributed by atoms with Crippen LogP contribution < -0.4 is 10.1 Å². The molecule has 1 aromatic rings. The minimum atomic E-state index is -1.67. The summed E-state index contributed by atoms with van der Waals surface area (Å²) in [5.41, 5.74) is 0.274. The Bertz CT molecular complexity index is 1330. The van der Waals surface area contributed by atoms with Crippen LogP contribution in [0.2, 0.25) is 0 Å². The Balaban J connectivity index is 1.35. The average molecular weight is 575 g/mol. The van der Waals surface area contributed by atoms with E-state index in [1.54, 1.807) is 12.1 Å². The lowest BCUT2D eigenvalue weighted by Crippen LogP contribution is -2.74. The summed E-state index contributed by atoms with van der Waals surface area (Å²) in [6.45, 7) is 2.80. The number of amides is 1. The van der Waals surface area contributed by atoms with Crippen molar-refractivity contribution in [2.75, 3.05) is 13.6 Å². The molecule has 41 heavy (non-hydrogen) atoms. The van der Waals surface area contributed by atoms with Crippen molar-refractivity contribution in [2.24, 2.45) is 0 Å². The van der Waals surface area contributed by atoms with Gasteiger partial charge in [-0.1, -0.05) is 12.1 Å². The van der Waals surface area contributed by atoms with E-state index in [1.165, 1.54) is 6.92 Å². The van der Waals surface area contributed by atoms with E-state index in [2.05, 4.69) is 4.90 Å². The Kier molecular flexibility index (Phi) is 7.35. The predicted octanol–water partition coefficient (Wildman–Crippen LogP) is -0.728. The molecule has 1 saturated heterocycles. The first-order valence-electron chi connectivity index (χ1n) is 13.5. The second-order valence-corrected chi connectivity index (χ2v) is 11.2. The van der Waals surface area contributed by atoms with Crippen LogP contribution >= 0.6 is 0 Å². The van der Waals surface area contributed by atoms with E-state index < -0.39 is 65.6 Å². The Morgan fingerprint density at radius 1 is 1.24 bits per heavy atom. The number of carboxylic acids is 1. The Morgan fingerprint density at radius 2 is 1.98 bits per heavy atom. The van der Waals surface area contributed by atoms with Gasteiger partial charge < -0.3 is 44.9 Å². The van der Waals surface area contributed by atoms with Gasteiger partial charge in [-0.3, -0.25) is 9.59 Å². The summed E-state index contributed by atoms with van der Waals surface area (Å²) in [7, 11) is 1.97. The number of aliphatic carboxylic acids is 1. The third-order valence-corrected chi connectivity index (χ3v) is 8.85. The summed E-state index contributed by atoms with van der Waals surface area (Å²) >= 11 is 0. The highest BCUT2D eigenvalue weighted by molar-refractivity contribution is 5.89. The highest BCUT2D eigenvalue weighted by Crippen LogP contribution is 2.64. The van der Waals surface area contributed by atoms with Crippen LogP contribution in [0.15, 0.2) is 24.0 Å². The van der Waals surface area contributed by atoms with E-state index in [9.17, 15) is 39.6 Å². The van der Waals surface area contributed by atoms with Gasteiger partial charge in [-0.25, -0.2) is 9.59 Å². The number of carboxylic acid groups (broad SMARTS) is 1. The fourth-order valence-electron chi connectivity index (χ4n) is 6.78. The maximum atomic E-state index is 13.1. The number of rotatable bonds is 9. The number of hydrogen-bond donors (Lipinski definition) is 5. The molecule has 2 heterocycles. The van der Waals surface area contributed by atoms with Crippen molar-refractivity contribution in [3.63, 3.8) is 0 Å². The number of likely N-dealkylation sites (tertiary alicyclic amines) is 1. The zero-order chi connectivity index (χ0) is 29.9. The minimum absolute atomic E-state index is 0.159. The van der Waals surface area contributed by atoms with Crippen molar-refractivity contribution in [2.45, 2.75) is 87.5 Å². The molecule has 1 spiro atoms. The standard InChI is InChI=1S/C28H34N2O11/c1-13(32)24(34)29-17(25(35)36)11-20(33)39-14(2)26(37)40-18-6-7-28(38)19-10-15-4-5-16(12-31)22-21(15)27(28,23(18)41-22)8-9-30(19)3/h4-6,13-14,17,19,23,31-32,38H,7-12H2,1-3H3,(H,29,34)(H,35,36)/t13?,14-,17-,19+,23-,27-,28+/m0/s1.